The lowest BCUT2D eigenvalue weighted by Crippen LogP contribution is -2.38. The molecule has 1 aliphatic carbocycles. The predicted molar refractivity (Wildman–Crippen MR) is 83.9 cm³/mol. The molecular formula is C17H27NO3. The van der Waals surface area contributed by atoms with Gasteiger partial charge in [-0.3, -0.25) is 0 Å². The van der Waals surface area contributed by atoms with E-state index in [2.05, 4.69) is 5.32 Å². The fraction of sp³-hybridized carbons (Fsp3) is 0.647. The van der Waals surface area contributed by atoms with Crippen LogP contribution >= 0.6 is 0 Å². The zero-order valence-corrected chi connectivity index (χ0v) is 13.2. The third-order valence-corrected chi connectivity index (χ3v) is 4.55. The van der Waals surface area contributed by atoms with Crippen LogP contribution in [0.15, 0.2) is 18.2 Å². The van der Waals surface area contributed by atoms with E-state index in [1.807, 2.05) is 18.2 Å². The summed E-state index contributed by atoms with van der Waals surface area (Å²) in [5.74, 6) is 1.54. The zero-order valence-electron chi connectivity index (χ0n) is 13.2. The summed E-state index contributed by atoms with van der Waals surface area (Å²) in [5.41, 5.74) is 1.14. The average Bonchev–Trinajstić information content (AvgIpc) is 2.55. The molecule has 4 heteroatoms. The van der Waals surface area contributed by atoms with Crippen LogP contribution in [-0.2, 0) is 6.54 Å². The van der Waals surface area contributed by atoms with Gasteiger partial charge in [0.1, 0.15) is 0 Å². The summed E-state index contributed by atoms with van der Waals surface area (Å²) in [7, 11) is 3.32. The summed E-state index contributed by atoms with van der Waals surface area (Å²) in [6, 6.07) is 5.92. The van der Waals surface area contributed by atoms with Crippen LogP contribution in [0.2, 0.25) is 0 Å². The van der Waals surface area contributed by atoms with Crippen molar-refractivity contribution >= 4 is 0 Å². The Labute approximate surface area is 127 Å². The first-order valence-electron chi connectivity index (χ1n) is 7.76. The number of ether oxygens (including phenoxy) is 2. The second-order valence-electron chi connectivity index (χ2n) is 5.97. The van der Waals surface area contributed by atoms with Crippen LogP contribution in [0.25, 0.3) is 0 Å². The van der Waals surface area contributed by atoms with Crippen LogP contribution in [0.4, 0.5) is 0 Å². The Morgan fingerprint density at radius 1 is 1.14 bits per heavy atom. The van der Waals surface area contributed by atoms with E-state index in [0.29, 0.717) is 0 Å². The van der Waals surface area contributed by atoms with Crippen molar-refractivity contribution in [2.45, 2.75) is 38.6 Å². The number of benzene rings is 1. The highest BCUT2D eigenvalue weighted by Crippen LogP contribution is 2.35. The first-order chi connectivity index (χ1) is 10.2. The summed E-state index contributed by atoms with van der Waals surface area (Å²) in [4.78, 5) is 0. The van der Waals surface area contributed by atoms with Crippen LogP contribution in [-0.4, -0.2) is 32.5 Å². The van der Waals surface area contributed by atoms with Crippen molar-refractivity contribution in [3.8, 4) is 11.5 Å². The monoisotopic (exact) mass is 293 g/mol. The molecule has 1 saturated carbocycles. The molecule has 1 aromatic carbocycles. The standard InChI is InChI=1S/C17H27NO3/c1-20-15-8-6-7-14(16(15)21-2)11-18-12-17(13-19)9-4-3-5-10-17/h6-8,18-19H,3-5,9-13H2,1-2H3. The van der Waals surface area contributed by atoms with Gasteiger partial charge in [-0.25, -0.2) is 0 Å². The maximum atomic E-state index is 9.74. The van der Waals surface area contributed by atoms with Crippen molar-refractivity contribution < 1.29 is 14.6 Å². The molecule has 2 N–H and O–H groups in total. The Morgan fingerprint density at radius 3 is 2.52 bits per heavy atom. The third-order valence-electron chi connectivity index (χ3n) is 4.55. The minimum absolute atomic E-state index is 0.0599. The van der Waals surface area contributed by atoms with Gasteiger partial charge in [-0.05, 0) is 18.9 Å². The lowest BCUT2D eigenvalue weighted by Gasteiger charge is -2.35. The molecule has 0 unspecified atom stereocenters. The molecule has 0 saturated heterocycles. The Bertz CT molecular complexity index is 442. The van der Waals surface area contributed by atoms with Gasteiger partial charge in [0.2, 0.25) is 0 Å². The van der Waals surface area contributed by atoms with Gasteiger partial charge in [0.05, 0.1) is 14.2 Å². The van der Waals surface area contributed by atoms with Crippen molar-refractivity contribution in [3.05, 3.63) is 23.8 Å². The van der Waals surface area contributed by atoms with Crippen LogP contribution < -0.4 is 14.8 Å². The second-order valence-corrected chi connectivity index (χ2v) is 5.97. The molecule has 1 aliphatic rings. The van der Waals surface area contributed by atoms with Gasteiger partial charge < -0.3 is 19.9 Å². The highest BCUT2D eigenvalue weighted by Gasteiger charge is 2.30. The lowest BCUT2D eigenvalue weighted by atomic mass is 9.74. The first kappa shape index (κ1) is 16.1. The first-order valence-corrected chi connectivity index (χ1v) is 7.76. The normalized spacial score (nSPS) is 17.5. The van der Waals surface area contributed by atoms with Crippen molar-refractivity contribution in [2.75, 3.05) is 27.4 Å². The Kier molecular flexibility index (Phi) is 5.88. The molecular weight excluding hydrogens is 266 g/mol. The highest BCUT2D eigenvalue weighted by atomic mass is 16.5. The fourth-order valence-electron chi connectivity index (χ4n) is 3.25. The molecule has 1 fully saturated rings. The Balaban J connectivity index is 1.96. The van der Waals surface area contributed by atoms with E-state index in [4.69, 9.17) is 9.47 Å². The van der Waals surface area contributed by atoms with E-state index < -0.39 is 0 Å². The number of hydrogen-bond acceptors (Lipinski definition) is 4. The molecule has 2 rings (SSSR count). The molecule has 1 aromatic rings. The van der Waals surface area contributed by atoms with Crippen molar-refractivity contribution in [1.82, 2.24) is 5.32 Å². The summed E-state index contributed by atoms with van der Waals surface area (Å²) >= 11 is 0. The smallest absolute Gasteiger partial charge is 0.165 e. The largest absolute Gasteiger partial charge is 0.493 e. The summed E-state index contributed by atoms with van der Waals surface area (Å²) in [6.45, 7) is 1.85. The minimum atomic E-state index is 0.0599. The molecule has 0 spiro atoms. The van der Waals surface area contributed by atoms with Crippen molar-refractivity contribution in [2.24, 2.45) is 5.41 Å². The molecule has 4 nitrogen and oxygen atoms in total. The van der Waals surface area contributed by atoms with E-state index in [1.165, 1.54) is 19.3 Å². The van der Waals surface area contributed by atoms with E-state index >= 15 is 0 Å². The van der Waals surface area contributed by atoms with E-state index in [1.54, 1.807) is 14.2 Å². The van der Waals surface area contributed by atoms with Crippen LogP contribution in [0.5, 0.6) is 11.5 Å². The maximum Gasteiger partial charge on any atom is 0.165 e. The van der Waals surface area contributed by atoms with Crippen LogP contribution in [0.3, 0.4) is 0 Å². The van der Waals surface area contributed by atoms with Crippen LogP contribution in [0, 0.1) is 5.41 Å². The quantitative estimate of drug-likeness (QED) is 0.811. The molecule has 118 valence electrons. The van der Waals surface area contributed by atoms with Gasteiger partial charge in [-0.1, -0.05) is 31.4 Å². The molecule has 0 radical (unpaired) electrons. The van der Waals surface area contributed by atoms with E-state index in [0.717, 1.165) is 43.0 Å². The number of aliphatic hydroxyl groups is 1. The third kappa shape index (κ3) is 3.89. The highest BCUT2D eigenvalue weighted by molar-refractivity contribution is 5.46. The van der Waals surface area contributed by atoms with Crippen molar-refractivity contribution in [3.63, 3.8) is 0 Å². The Hall–Kier alpha value is -1.26. The van der Waals surface area contributed by atoms with Gasteiger partial charge >= 0.3 is 0 Å². The lowest BCUT2D eigenvalue weighted by molar-refractivity contribution is 0.0810. The second kappa shape index (κ2) is 7.66. The molecule has 0 aromatic heterocycles. The van der Waals surface area contributed by atoms with E-state index in [9.17, 15) is 5.11 Å². The summed E-state index contributed by atoms with van der Waals surface area (Å²) in [5, 5.41) is 13.2. The Morgan fingerprint density at radius 2 is 1.90 bits per heavy atom. The topological polar surface area (TPSA) is 50.7 Å². The molecule has 0 aliphatic heterocycles. The molecule has 21 heavy (non-hydrogen) atoms. The number of aliphatic hydroxyl groups excluding tert-OH is 1. The van der Waals surface area contributed by atoms with Crippen LogP contribution in [0.1, 0.15) is 37.7 Å². The fourth-order valence-corrected chi connectivity index (χ4v) is 3.25. The number of hydrogen-bond donors (Lipinski definition) is 2. The molecule has 0 atom stereocenters. The van der Waals surface area contributed by atoms with Gasteiger partial charge in [-0.2, -0.15) is 0 Å². The van der Waals surface area contributed by atoms with Crippen molar-refractivity contribution in [1.29, 1.82) is 0 Å². The van der Waals surface area contributed by atoms with Gasteiger partial charge in [0.15, 0.2) is 11.5 Å². The molecule has 0 amide bonds. The van der Waals surface area contributed by atoms with Gasteiger partial charge in [-0.15, -0.1) is 0 Å². The SMILES string of the molecule is COc1cccc(CNCC2(CO)CCCCC2)c1OC. The number of methoxy groups -OCH3 is 2. The number of nitrogens with one attached hydrogen (secondary N) is 1. The summed E-state index contributed by atoms with van der Waals surface area (Å²) < 4.78 is 10.8. The van der Waals surface area contributed by atoms with E-state index in [-0.39, 0.29) is 12.0 Å². The minimum Gasteiger partial charge on any atom is -0.493 e. The number of rotatable bonds is 7. The summed E-state index contributed by atoms with van der Waals surface area (Å²) in [6.07, 6.45) is 5.98. The van der Waals surface area contributed by atoms with Gasteiger partial charge in [0.25, 0.3) is 0 Å². The molecule has 0 heterocycles. The van der Waals surface area contributed by atoms with Gasteiger partial charge in [0, 0.05) is 30.7 Å². The zero-order chi connectivity index (χ0) is 15.1. The number of para-hydroxylation sites is 1. The maximum absolute atomic E-state index is 9.74. The predicted octanol–water partition coefficient (Wildman–Crippen LogP) is 2.74. The molecule has 0 bridgehead atoms. The average molecular weight is 293 g/mol.